The fourth-order valence-corrected chi connectivity index (χ4v) is 5.25. The van der Waals surface area contributed by atoms with E-state index in [1.807, 2.05) is 0 Å². The third-order valence-electron chi connectivity index (χ3n) is 3.04. The first-order valence-electron chi connectivity index (χ1n) is 5.33. The Morgan fingerprint density at radius 1 is 1.13 bits per heavy atom. The minimum atomic E-state index is 0.0880. The van der Waals surface area contributed by atoms with Gasteiger partial charge in [-0.05, 0) is 38.8 Å². The van der Waals surface area contributed by atoms with Crippen LogP contribution in [0.4, 0.5) is 0 Å². The van der Waals surface area contributed by atoms with Gasteiger partial charge in [0.1, 0.15) is 16.2 Å². The molecule has 0 aliphatic carbocycles. The van der Waals surface area contributed by atoms with E-state index in [9.17, 15) is 10.2 Å². The maximum atomic E-state index is 9.83. The fourth-order valence-electron chi connectivity index (χ4n) is 2.25. The van der Waals surface area contributed by atoms with Gasteiger partial charge in [-0.1, -0.05) is 0 Å². The molecule has 2 nitrogen and oxygen atoms in total. The van der Waals surface area contributed by atoms with E-state index in [1.165, 1.54) is 18.9 Å². The molecule has 1 aliphatic rings. The van der Waals surface area contributed by atoms with E-state index >= 15 is 0 Å². The van der Waals surface area contributed by atoms with Gasteiger partial charge in [0.15, 0.2) is 5.75 Å². The summed E-state index contributed by atoms with van der Waals surface area (Å²) in [5.41, 5.74) is 0. The Kier molecular flexibility index (Phi) is 2.83. The molecule has 1 aromatic carbocycles. The van der Waals surface area contributed by atoms with E-state index in [-0.39, 0.29) is 16.6 Å². The van der Waals surface area contributed by atoms with Crippen molar-refractivity contribution in [2.75, 3.05) is 0 Å². The summed E-state index contributed by atoms with van der Waals surface area (Å²) in [7, 11) is 0.0880. The van der Waals surface area contributed by atoms with E-state index < -0.39 is 0 Å². The number of benzene rings is 1. The van der Waals surface area contributed by atoms with Crippen LogP contribution >= 0.6 is 0 Å². The average molecular weight is 225 g/mol. The lowest BCUT2D eigenvalue weighted by Gasteiger charge is -2.11. The number of phenolic OH excluding ortho intramolecular Hbond substituents is 2. The Hall–Kier alpha value is -0.830. The maximum absolute atomic E-state index is 9.83. The highest BCUT2D eigenvalue weighted by molar-refractivity contribution is 7.98. The third-order valence-corrected chi connectivity index (χ3v) is 6.08. The summed E-state index contributed by atoms with van der Waals surface area (Å²) in [5, 5.41) is 20.5. The number of phenols is 2. The molecular formula is C12H17O2S+. The molecule has 1 fully saturated rings. The molecule has 0 amide bonds. The Bertz CT molecular complexity index is 355. The van der Waals surface area contributed by atoms with E-state index in [1.54, 1.807) is 12.1 Å². The molecule has 0 radical (unpaired) electrons. The predicted octanol–water partition coefficient (Wildman–Crippen LogP) is 2.65. The second-order valence-corrected chi connectivity index (χ2v) is 7.02. The molecule has 2 rings (SSSR count). The van der Waals surface area contributed by atoms with E-state index in [0.717, 1.165) is 4.90 Å². The lowest BCUT2D eigenvalue weighted by atomic mass is 10.2. The predicted molar refractivity (Wildman–Crippen MR) is 63.6 cm³/mol. The largest absolute Gasteiger partial charge is 0.508 e. The van der Waals surface area contributed by atoms with Gasteiger partial charge in [0.25, 0.3) is 0 Å². The molecule has 1 aromatic rings. The van der Waals surface area contributed by atoms with Gasteiger partial charge in [-0.3, -0.25) is 0 Å². The number of hydrogen-bond acceptors (Lipinski definition) is 2. The Labute approximate surface area is 93.3 Å². The highest BCUT2D eigenvalue weighted by atomic mass is 32.2. The molecule has 15 heavy (non-hydrogen) atoms. The fraction of sp³-hybridized carbons (Fsp3) is 0.500. The van der Waals surface area contributed by atoms with Crippen LogP contribution in [0.5, 0.6) is 11.5 Å². The van der Waals surface area contributed by atoms with Crippen LogP contribution in [0.25, 0.3) is 0 Å². The van der Waals surface area contributed by atoms with Gasteiger partial charge in [-0.15, -0.1) is 0 Å². The first-order valence-corrected chi connectivity index (χ1v) is 6.68. The normalized spacial score (nSPS) is 27.1. The lowest BCUT2D eigenvalue weighted by molar-refractivity contribution is 0.448. The molecular weight excluding hydrogens is 208 g/mol. The topological polar surface area (TPSA) is 40.5 Å². The monoisotopic (exact) mass is 225 g/mol. The molecule has 1 aliphatic heterocycles. The van der Waals surface area contributed by atoms with Crippen LogP contribution in [0.3, 0.4) is 0 Å². The van der Waals surface area contributed by atoms with E-state index in [2.05, 4.69) is 13.8 Å². The summed E-state index contributed by atoms with van der Waals surface area (Å²) in [6.45, 7) is 4.46. The number of rotatable bonds is 1. The molecule has 0 bridgehead atoms. The van der Waals surface area contributed by atoms with Gasteiger partial charge in [0.05, 0.1) is 0 Å². The lowest BCUT2D eigenvalue weighted by Crippen LogP contribution is -2.19. The van der Waals surface area contributed by atoms with Gasteiger partial charge in [-0.25, -0.2) is 0 Å². The molecule has 1 heterocycles. The molecule has 0 spiro atoms. The van der Waals surface area contributed by atoms with Crippen molar-refractivity contribution in [3.8, 4) is 11.5 Å². The number of aromatic hydroxyl groups is 2. The van der Waals surface area contributed by atoms with Crippen molar-refractivity contribution in [1.82, 2.24) is 0 Å². The van der Waals surface area contributed by atoms with Gasteiger partial charge in [-0.2, -0.15) is 0 Å². The third kappa shape index (κ3) is 1.93. The van der Waals surface area contributed by atoms with Crippen LogP contribution < -0.4 is 0 Å². The van der Waals surface area contributed by atoms with Crippen molar-refractivity contribution in [2.24, 2.45) is 0 Å². The highest BCUT2D eigenvalue weighted by Gasteiger charge is 2.43. The summed E-state index contributed by atoms with van der Waals surface area (Å²) < 4.78 is 0. The second-order valence-electron chi connectivity index (χ2n) is 4.22. The summed E-state index contributed by atoms with van der Waals surface area (Å²) in [6, 6.07) is 4.85. The molecule has 0 saturated carbocycles. The van der Waals surface area contributed by atoms with Crippen molar-refractivity contribution < 1.29 is 10.2 Å². The molecule has 0 aromatic heterocycles. The quantitative estimate of drug-likeness (QED) is 0.570. The number of hydrogen-bond donors (Lipinski definition) is 2. The zero-order valence-electron chi connectivity index (χ0n) is 9.10. The Morgan fingerprint density at radius 2 is 1.73 bits per heavy atom. The molecule has 82 valence electrons. The molecule has 2 atom stereocenters. The van der Waals surface area contributed by atoms with Crippen LogP contribution in [0.1, 0.15) is 26.7 Å². The van der Waals surface area contributed by atoms with Gasteiger partial charge >= 0.3 is 0 Å². The summed E-state index contributed by atoms with van der Waals surface area (Å²) in [6.07, 6.45) is 2.44. The summed E-state index contributed by atoms with van der Waals surface area (Å²) in [4.78, 5) is 0.938. The maximum Gasteiger partial charge on any atom is 0.200 e. The first-order chi connectivity index (χ1) is 7.09. The van der Waals surface area contributed by atoms with Crippen LogP contribution in [0.15, 0.2) is 23.1 Å². The van der Waals surface area contributed by atoms with Crippen LogP contribution in [-0.2, 0) is 10.9 Å². The molecule has 1 saturated heterocycles. The SMILES string of the molecule is C[C@@H]1CC[C@@H](C)[S+]1c1cc(O)ccc1O. The van der Waals surface area contributed by atoms with E-state index in [4.69, 9.17) is 0 Å². The summed E-state index contributed by atoms with van der Waals surface area (Å²) in [5.74, 6) is 0.582. The van der Waals surface area contributed by atoms with Crippen molar-refractivity contribution >= 4 is 10.9 Å². The zero-order chi connectivity index (χ0) is 11.0. The van der Waals surface area contributed by atoms with Crippen molar-refractivity contribution in [3.63, 3.8) is 0 Å². The minimum absolute atomic E-state index is 0.0880. The Balaban J connectivity index is 2.39. The summed E-state index contributed by atoms with van der Waals surface area (Å²) >= 11 is 0. The first kappa shape index (κ1) is 10.7. The van der Waals surface area contributed by atoms with Gasteiger partial charge < -0.3 is 10.2 Å². The second kappa shape index (κ2) is 3.97. The zero-order valence-corrected chi connectivity index (χ0v) is 9.92. The van der Waals surface area contributed by atoms with Crippen LogP contribution in [-0.4, -0.2) is 20.7 Å². The average Bonchev–Trinajstić information content (AvgIpc) is 2.51. The molecule has 3 heteroatoms. The van der Waals surface area contributed by atoms with Crippen LogP contribution in [0, 0.1) is 0 Å². The molecule has 2 N–H and O–H groups in total. The van der Waals surface area contributed by atoms with Crippen molar-refractivity contribution in [2.45, 2.75) is 42.1 Å². The molecule has 0 unspecified atom stereocenters. The van der Waals surface area contributed by atoms with Crippen LogP contribution in [0.2, 0.25) is 0 Å². The van der Waals surface area contributed by atoms with E-state index in [0.29, 0.717) is 16.2 Å². The Morgan fingerprint density at radius 3 is 2.33 bits per heavy atom. The van der Waals surface area contributed by atoms with Gasteiger partial charge in [0.2, 0.25) is 4.90 Å². The minimum Gasteiger partial charge on any atom is -0.508 e. The van der Waals surface area contributed by atoms with Gasteiger partial charge in [0, 0.05) is 17.0 Å². The highest BCUT2D eigenvalue weighted by Crippen LogP contribution is 2.40. The smallest absolute Gasteiger partial charge is 0.200 e. The standard InChI is InChI=1S/C12H16O2S/c1-8-3-4-9(2)15(8)12-7-10(13)5-6-11(12)14/h5-9H,3-4H2,1-2H3,(H-,13,14)/p+1/t8-,9-/m1/s1. The van der Waals surface area contributed by atoms with Crippen molar-refractivity contribution in [3.05, 3.63) is 18.2 Å². The van der Waals surface area contributed by atoms with Crippen molar-refractivity contribution in [1.29, 1.82) is 0 Å².